The van der Waals surface area contributed by atoms with Crippen LogP contribution < -0.4 is 5.73 Å². The maximum atomic E-state index is 11.0. The number of unbranched alkanes of at least 4 members (excludes halogenated alkanes) is 5. The fourth-order valence-electron chi connectivity index (χ4n) is 2.58. The van der Waals surface area contributed by atoms with Crippen LogP contribution >= 0.6 is 0 Å². The van der Waals surface area contributed by atoms with Crippen LogP contribution in [0, 0.1) is 0 Å². The first-order chi connectivity index (χ1) is 13.0. The zero-order chi connectivity index (χ0) is 20.2. The molecule has 0 fully saturated rings. The quantitative estimate of drug-likeness (QED) is 0.186. The van der Waals surface area contributed by atoms with E-state index >= 15 is 0 Å². The highest BCUT2D eigenvalue weighted by molar-refractivity contribution is 7.86. The molecule has 0 aromatic heterocycles. The number of hydrogen-bond acceptors (Lipinski definition) is 3. The van der Waals surface area contributed by atoms with Gasteiger partial charge in [-0.25, -0.2) is 0 Å². The largest absolute Gasteiger partial charge is 0.329 e. The predicted molar refractivity (Wildman–Crippen MR) is 117 cm³/mol. The van der Waals surface area contributed by atoms with E-state index in [1.807, 2.05) is 0 Å². The lowest BCUT2D eigenvalue weighted by molar-refractivity contribution is 0.459. The van der Waals surface area contributed by atoms with E-state index in [9.17, 15) is 8.42 Å². The number of rotatable bonds is 17. The van der Waals surface area contributed by atoms with Crippen LogP contribution in [-0.2, 0) is 10.1 Å². The van der Waals surface area contributed by atoms with Crippen molar-refractivity contribution in [3.63, 3.8) is 0 Å². The molecule has 0 aliphatic carbocycles. The molecule has 3 N–H and O–H groups in total. The highest BCUT2D eigenvalue weighted by Gasteiger charge is 2.20. The van der Waals surface area contributed by atoms with Gasteiger partial charge in [-0.15, -0.1) is 0 Å². The van der Waals surface area contributed by atoms with Gasteiger partial charge in [0.15, 0.2) is 0 Å². The molecule has 0 saturated carbocycles. The molecule has 0 bridgehead atoms. The maximum absolute atomic E-state index is 11.0. The lowest BCUT2D eigenvalue weighted by Gasteiger charge is -2.10. The Morgan fingerprint density at radius 2 is 1.22 bits per heavy atom. The molecule has 0 aliphatic rings. The fourth-order valence-corrected chi connectivity index (χ4v) is 3.29. The van der Waals surface area contributed by atoms with Gasteiger partial charge in [0.05, 0.1) is 5.25 Å². The third kappa shape index (κ3) is 18.0. The summed E-state index contributed by atoms with van der Waals surface area (Å²) in [7, 11) is -4.00. The van der Waals surface area contributed by atoms with Gasteiger partial charge < -0.3 is 5.73 Å². The Morgan fingerprint density at radius 1 is 0.778 bits per heavy atom. The fraction of sp³-hybridized carbons (Fsp3) is 0.636. The van der Waals surface area contributed by atoms with E-state index in [0.717, 1.165) is 38.5 Å². The summed E-state index contributed by atoms with van der Waals surface area (Å²) in [4.78, 5) is 0. The van der Waals surface area contributed by atoms with Crippen molar-refractivity contribution in [3.05, 3.63) is 48.6 Å². The standard InChI is InChI=1S/C22H39NO3S/c1-2-3-4-5-6-7-8-9-10-11-12-13-14-15-16-17-18-19-20-22(21-23)27(24,25)26/h6-7,9-10,12-13,15-16,22H,2-5,8,11,14,17-21,23H2,1H3,(H,24,25,26). The molecule has 0 aliphatic heterocycles. The topological polar surface area (TPSA) is 80.4 Å². The van der Waals surface area contributed by atoms with Crippen LogP contribution in [0.15, 0.2) is 48.6 Å². The molecule has 27 heavy (non-hydrogen) atoms. The van der Waals surface area contributed by atoms with Crippen molar-refractivity contribution in [2.45, 2.75) is 82.8 Å². The van der Waals surface area contributed by atoms with Gasteiger partial charge in [0, 0.05) is 6.54 Å². The number of allylic oxidation sites excluding steroid dienone is 8. The smallest absolute Gasteiger partial charge is 0.269 e. The van der Waals surface area contributed by atoms with Gasteiger partial charge in [0.25, 0.3) is 10.1 Å². The average Bonchev–Trinajstić information content (AvgIpc) is 2.62. The highest BCUT2D eigenvalue weighted by atomic mass is 32.2. The van der Waals surface area contributed by atoms with Gasteiger partial charge in [-0.05, 0) is 51.4 Å². The van der Waals surface area contributed by atoms with Gasteiger partial charge in [0.1, 0.15) is 0 Å². The number of hydrogen-bond donors (Lipinski definition) is 2. The van der Waals surface area contributed by atoms with Gasteiger partial charge >= 0.3 is 0 Å². The lowest BCUT2D eigenvalue weighted by Crippen LogP contribution is -2.29. The van der Waals surface area contributed by atoms with E-state index in [0.29, 0.717) is 6.42 Å². The van der Waals surface area contributed by atoms with Crippen LogP contribution in [-0.4, -0.2) is 24.8 Å². The van der Waals surface area contributed by atoms with Crippen molar-refractivity contribution in [2.24, 2.45) is 5.73 Å². The van der Waals surface area contributed by atoms with Crippen molar-refractivity contribution >= 4 is 10.1 Å². The van der Waals surface area contributed by atoms with Gasteiger partial charge in [-0.1, -0.05) is 74.8 Å². The zero-order valence-corrected chi connectivity index (χ0v) is 17.7. The van der Waals surface area contributed by atoms with Crippen molar-refractivity contribution in [2.75, 3.05) is 6.54 Å². The van der Waals surface area contributed by atoms with E-state index < -0.39 is 15.4 Å². The SMILES string of the molecule is CCCCCC=CCC=CCC=CCC=CCCCCC(CN)S(=O)(=O)O. The molecule has 0 radical (unpaired) electrons. The van der Waals surface area contributed by atoms with Crippen LogP contribution in [0.2, 0.25) is 0 Å². The van der Waals surface area contributed by atoms with Crippen LogP contribution in [0.25, 0.3) is 0 Å². The summed E-state index contributed by atoms with van der Waals surface area (Å²) in [6.07, 6.45) is 28.5. The predicted octanol–water partition coefficient (Wildman–Crippen LogP) is 5.74. The maximum Gasteiger partial charge on any atom is 0.269 e. The third-order valence-electron chi connectivity index (χ3n) is 4.29. The van der Waals surface area contributed by atoms with Crippen LogP contribution in [0.4, 0.5) is 0 Å². The average molecular weight is 398 g/mol. The van der Waals surface area contributed by atoms with Crippen LogP contribution in [0.1, 0.15) is 77.6 Å². The minimum absolute atomic E-state index is 0.0246. The van der Waals surface area contributed by atoms with Gasteiger partial charge in [-0.3, -0.25) is 4.55 Å². The summed E-state index contributed by atoms with van der Waals surface area (Å²) in [6, 6.07) is 0. The second-order valence-electron chi connectivity index (χ2n) is 6.75. The van der Waals surface area contributed by atoms with Crippen LogP contribution in [0.3, 0.4) is 0 Å². The third-order valence-corrected chi connectivity index (χ3v) is 5.56. The Balaban J connectivity index is 3.59. The molecule has 0 spiro atoms. The zero-order valence-electron chi connectivity index (χ0n) is 16.9. The Morgan fingerprint density at radius 3 is 1.63 bits per heavy atom. The van der Waals surface area contributed by atoms with Gasteiger partial charge in [0.2, 0.25) is 0 Å². The summed E-state index contributed by atoms with van der Waals surface area (Å²) in [5.41, 5.74) is 5.37. The highest BCUT2D eigenvalue weighted by Crippen LogP contribution is 2.10. The van der Waals surface area contributed by atoms with E-state index in [-0.39, 0.29) is 6.54 Å². The second-order valence-corrected chi connectivity index (χ2v) is 8.44. The Labute approximate surface area is 167 Å². The molecule has 0 aromatic carbocycles. The Bertz CT molecular complexity index is 548. The van der Waals surface area contributed by atoms with E-state index in [2.05, 4.69) is 55.5 Å². The molecule has 0 rings (SSSR count). The molecule has 0 heterocycles. The summed E-state index contributed by atoms with van der Waals surface area (Å²) in [5, 5.41) is -0.825. The summed E-state index contributed by atoms with van der Waals surface area (Å²) < 4.78 is 31.0. The lowest BCUT2D eigenvalue weighted by atomic mass is 10.1. The Hall–Kier alpha value is -1.17. The van der Waals surface area contributed by atoms with Gasteiger partial charge in [-0.2, -0.15) is 8.42 Å². The van der Waals surface area contributed by atoms with Crippen molar-refractivity contribution in [1.29, 1.82) is 0 Å². The first-order valence-corrected chi connectivity index (χ1v) is 11.8. The van der Waals surface area contributed by atoms with Crippen molar-refractivity contribution in [1.82, 2.24) is 0 Å². The molecule has 1 unspecified atom stereocenters. The van der Waals surface area contributed by atoms with E-state index in [1.165, 1.54) is 25.7 Å². The van der Waals surface area contributed by atoms with E-state index in [4.69, 9.17) is 10.3 Å². The van der Waals surface area contributed by atoms with Crippen molar-refractivity contribution < 1.29 is 13.0 Å². The normalized spacial score (nSPS) is 14.3. The van der Waals surface area contributed by atoms with E-state index in [1.54, 1.807) is 0 Å². The number of nitrogens with two attached hydrogens (primary N) is 1. The molecule has 1 atom stereocenters. The summed E-state index contributed by atoms with van der Waals surface area (Å²) >= 11 is 0. The molecule has 156 valence electrons. The minimum Gasteiger partial charge on any atom is -0.329 e. The van der Waals surface area contributed by atoms with Crippen LogP contribution in [0.5, 0.6) is 0 Å². The monoisotopic (exact) mass is 397 g/mol. The molecule has 4 nitrogen and oxygen atoms in total. The first kappa shape index (κ1) is 25.8. The Kier molecular flexibility index (Phi) is 17.4. The summed E-state index contributed by atoms with van der Waals surface area (Å²) in [5.74, 6) is 0. The van der Waals surface area contributed by atoms with Crippen molar-refractivity contribution in [3.8, 4) is 0 Å². The minimum atomic E-state index is -4.00. The molecule has 0 saturated heterocycles. The molecular weight excluding hydrogens is 358 g/mol. The molecule has 0 amide bonds. The summed E-state index contributed by atoms with van der Waals surface area (Å²) in [6.45, 7) is 2.20. The first-order valence-electron chi connectivity index (χ1n) is 10.3. The molecule has 0 aromatic rings. The second kappa shape index (κ2) is 18.2. The molecular formula is C22H39NO3S. The molecule has 5 heteroatoms.